The van der Waals surface area contributed by atoms with Crippen molar-refractivity contribution in [2.24, 2.45) is 0 Å². The number of aryl methyl sites for hydroxylation is 1. The Labute approximate surface area is 163 Å². The molecule has 0 aromatic heterocycles. The van der Waals surface area contributed by atoms with E-state index >= 15 is 0 Å². The molecule has 2 aromatic carbocycles. The van der Waals surface area contributed by atoms with Gasteiger partial charge in [0.05, 0.1) is 0 Å². The largest absolute Gasteiger partial charge is 0.0776 e. The summed E-state index contributed by atoms with van der Waals surface area (Å²) in [6.45, 7) is 22.1. The Hall–Kier alpha value is -1.56. The SMILES string of the molecule is C.C.CC.CC.CC.CC.CC.Cc1ccccc1.c1ccccc1. The summed E-state index contributed by atoms with van der Waals surface area (Å²) in [6.07, 6.45) is 0. The van der Waals surface area contributed by atoms with E-state index in [0.717, 1.165) is 0 Å². The molecule has 0 heterocycles. The van der Waals surface area contributed by atoms with Crippen molar-refractivity contribution < 1.29 is 0 Å². The first kappa shape index (κ1) is 43.7. The van der Waals surface area contributed by atoms with Gasteiger partial charge in [-0.05, 0) is 6.92 Å². The van der Waals surface area contributed by atoms with E-state index in [2.05, 4.69) is 19.1 Å². The number of hydrogen-bond donors (Lipinski definition) is 0. The van der Waals surface area contributed by atoms with Crippen molar-refractivity contribution in [2.45, 2.75) is 91.0 Å². The van der Waals surface area contributed by atoms with Gasteiger partial charge in [0.15, 0.2) is 0 Å². The maximum absolute atomic E-state index is 2.08. The molecule has 0 radical (unpaired) electrons. The molecule has 0 saturated carbocycles. The smallest absolute Gasteiger partial charge is 0.0398 e. The van der Waals surface area contributed by atoms with E-state index in [1.54, 1.807) is 0 Å². The van der Waals surface area contributed by atoms with Crippen LogP contribution in [0.1, 0.15) is 89.7 Å². The molecule has 25 heavy (non-hydrogen) atoms. The summed E-state index contributed by atoms with van der Waals surface area (Å²) in [6, 6.07) is 22.3. The quantitative estimate of drug-likeness (QED) is 0.442. The first-order valence-corrected chi connectivity index (χ1v) is 9.41. The maximum atomic E-state index is 2.08. The average Bonchev–Trinajstić information content (AvgIpc) is 2.72. The van der Waals surface area contributed by atoms with E-state index in [4.69, 9.17) is 0 Å². The van der Waals surface area contributed by atoms with Crippen LogP contribution in [0.4, 0.5) is 0 Å². The lowest BCUT2D eigenvalue weighted by Gasteiger charge is -1.82. The highest BCUT2D eigenvalue weighted by molar-refractivity contribution is 5.11. The summed E-state index contributed by atoms with van der Waals surface area (Å²) in [5.41, 5.74) is 1.32. The summed E-state index contributed by atoms with van der Waals surface area (Å²) < 4.78 is 0. The third-order valence-corrected chi connectivity index (χ3v) is 1.61. The second-order valence-electron chi connectivity index (χ2n) is 2.81. The summed E-state index contributed by atoms with van der Waals surface area (Å²) in [7, 11) is 0. The van der Waals surface area contributed by atoms with E-state index in [1.165, 1.54) is 5.56 Å². The number of rotatable bonds is 0. The van der Waals surface area contributed by atoms with Crippen LogP contribution >= 0.6 is 0 Å². The van der Waals surface area contributed by atoms with Crippen LogP contribution in [0.15, 0.2) is 66.7 Å². The zero-order valence-electron chi connectivity index (χ0n) is 17.9. The monoisotopic (exact) mass is 352 g/mol. The standard InChI is InChI=1S/C7H8.C6H6.5C2H6.2CH4/c1-7-5-3-2-4-6-7;1-2-4-6-5-3-1;5*1-2;;/h2-6H,1H3;1-6H;5*1-2H3;2*1H4. The molecule has 152 valence electrons. The van der Waals surface area contributed by atoms with Crippen LogP contribution in [0.2, 0.25) is 0 Å². The molecule has 0 heteroatoms. The minimum Gasteiger partial charge on any atom is -0.0776 e. The molecule has 0 saturated heterocycles. The highest BCUT2D eigenvalue weighted by Gasteiger charge is 1.72. The van der Waals surface area contributed by atoms with E-state index in [9.17, 15) is 0 Å². The van der Waals surface area contributed by atoms with Crippen LogP contribution in [-0.4, -0.2) is 0 Å². The van der Waals surface area contributed by atoms with Crippen LogP contribution in [-0.2, 0) is 0 Å². The Morgan fingerprint density at radius 2 is 0.520 bits per heavy atom. The van der Waals surface area contributed by atoms with Gasteiger partial charge in [0.2, 0.25) is 0 Å². The van der Waals surface area contributed by atoms with Gasteiger partial charge in [-0.2, -0.15) is 0 Å². The molecule has 0 N–H and O–H groups in total. The molecule has 0 bridgehead atoms. The van der Waals surface area contributed by atoms with Crippen molar-refractivity contribution in [1.82, 2.24) is 0 Å². The van der Waals surface area contributed by atoms with Crippen LogP contribution in [0.25, 0.3) is 0 Å². The third-order valence-electron chi connectivity index (χ3n) is 1.61. The van der Waals surface area contributed by atoms with Crippen molar-refractivity contribution in [1.29, 1.82) is 0 Å². The second-order valence-corrected chi connectivity index (χ2v) is 2.81. The predicted molar refractivity (Wildman–Crippen MR) is 128 cm³/mol. The van der Waals surface area contributed by atoms with Gasteiger partial charge in [-0.25, -0.2) is 0 Å². The molecule has 0 spiro atoms. The Balaban J connectivity index is -0.0000000332. The van der Waals surface area contributed by atoms with Crippen LogP contribution in [0.3, 0.4) is 0 Å². The summed E-state index contributed by atoms with van der Waals surface area (Å²) >= 11 is 0. The minimum absolute atomic E-state index is 0. The molecule has 0 unspecified atom stereocenters. The average molecular weight is 353 g/mol. The second kappa shape index (κ2) is 66.7. The topological polar surface area (TPSA) is 0 Å². The van der Waals surface area contributed by atoms with Crippen molar-refractivity contribution in [3.05, 3.63) is 72.3 Å². The lowest BCUT2D eigenvalue weighted by atomic mass is 10.2. The van der Waals surface area contributed by atoms with E-state index in [-0.39, 0.29) is 14.9 Å². The van der Waals surface area contributed by atoms with Gasteiger partial charge < -0.3 is 0 Å². The molecule has 0 aliphatic carbocycles. The Morgan fingerprint density at radius 3 is 0.640 bits per heavy atom. The van der Waals surface area contributed by atoms with Gasteiger partial charge in [-0.1, -0.05) is 156 Å². The van der Waals surface area contributed by atoms with Gasteiger partial charge in [-0.3, -0.25) is 0 Å². The van der Waals surface area contributed by atoms with Gasteiger partial charge in [0.1, 0.15) is 0 Å². The Kier molecular flexibility index (Phi) is 116. The predicted octanol–water partition coefficient (Wildman–Crippen LogP) is 10.1. The Morgan fingerprint density at radius 1 is 0.360 bits per heavy atom. The van der Waals surface area contributed by atoms with Crippen LogP contribution < -0.4 is 0 Å². The minimum atomic E-state index is 0. The van der Waals surface area contributed by atoms with Gasteiger partial charge in [0, 0.05) is 0 Å². The molecular weight excluding hydrogens is 300 g/mol. The summed E-state index contributed by atoms with van der Waals surface area (Å²) in [4.78, 5) is 0. The zero-order valence-corrected chi connectivity index (χ0v) is 17.9. The normalized spacial score (nSPS) is 5.56. The van der Waals surface area contributed by atoms with E-state index in [1.807, 2.05) is 124 Å². The van der Waals surface area contributed by atoms with Crippen molar-refractivity contribution in [3.63, 3.8) is 0 Å². The number of hydrogen-bond acceptors (Lipinski definition) is 0. The molecule has 0 atom stereocenters. The highest BCUT2D eigenvalue weighted by Crippen LogP contribution is 1.92. The number of benzene rings is 2. The van der Waals surface area contributed by atoms with Gasteiger partial charge in [0.25, 0.3) is 0 Å². The van der Waals surface area contributed by atoms with Gasteiger partial charge in [-0.15, -0.1) is 0 Å². The Bertz CT molecular complexity index is 271. The van der Waals surface area contributed by atoms with Crippen LogP contribution in [0.5, 0.6) is 0 Å². The summed E-state index contributed by atoms with van der Waals surface area (Å²) in [5, 5.41) is 0. The van der Waals surface area contributed by atoms with Crippen molar-refractivity contribution in [2.75, 3.05) is 0 Å². The molecule has 0 nitrogen and oxygen atoms in total. The maximum Gasteiger partial charge on any atom is -0.0398 e. The molecular formula is C25H52. The fraction of sp³-hybridized carbons (Fsp3) is 0.520. The van der Waals surface area contributed by atoms with Crippen molar-refractivity contribution in [3.8, 4) is 0 Å². The zero-order chi connectivity index (χ0) is 19.4. The fourth-order valence-corrected chi connectivity index (χ4v) is 0.919. The van der Waals surface area contributed by atoms with Crippen LogP contribution in [0, 0.1) is 6.92 Å². The lowest BCUT2D eigenvalue weighted by Crippen LogP contribution is -1.62. The third kappa shape index (κ3) is 60.6. The fourth-order valence-electron chi connectivity index (χ4n) is 0.919. The molecule has 2 rings (SSSR count). The van der Waals surface area contributed by atoms with Gasteiger partial charge >= 0.3 is 0 Å². The van der Waals surface area contributed by atoms with E-state index < -0.39 is 0 Å². The van der Waals surface area contributed by atoms with E-state index in [0.29, 0.717) is 0 Å². The molecule has 0 fully saturated rings. The molecule has 0 aliphatic rings. The lowest BCUT2D eigenvalue weighted by molar-refractivity contribution is 1.48. The first-order chi connectivity index (χ1) is 11.4. The molecule has 0 aliphatic heterocycles. The first-order valence-electron chi connectivity index (χ1n) is 9.41. The molecule has 2 aromatic rings. The summed E-state index contributed by atoms with van der Waals surface area (Å²) in [5.74, 6) is 0. The highest BCUT2D eigenvalue weighted by atomic mass is 13.8. The molecule has 0 amide bonds. The van der Waals surface area contributed by atoms with Crippen molar-refractivity contribution >= 4 is 0 Å².